The highest BCUT2D eigenvalue weighted by Crippen LogP contribution is 2.31. The first kappa shape index (κ1) is 7.92. The average Bonchev–Trinajstić information content (AvgIpc) is 1.96. The van der Waals surface area contributed by atoms with Crippen molar-refractivity contribution in [2.24, 2.45) is 5.92 Å². The highest BCUT2D eigenvalue weighted by Gasteiger charge is 2.36. The Labute approximate surface area is 59.8 Å². The SMILES string of the molecule is C[C@H]1CCNCCC1(F)F. The van der Waals surface area contributed by atoms with Crippen molar-refractivity contribution in [2.75, 3.05) is 13.1 Å². The second-order valence-corrected chi connectivity index (χ2v) is 2.95. The van der Waals surface area contributed by atoms with Gasteiger partial charge in [-0.05, 0) is 13.0 Å². The van der Waals surface area contributed by atoms with E-state index >= 15 is 0 Å². The summed E-state index contributed by atoms with van der Waals surface area (Å²) in [5.74, 6) is -2.90. The average molecular weight is 149 g/mol. The van der Waals surface area contributed by atoms with Crippen LogP contribution in [0.5, 0.6) is 0 Å². The molecular formula is C7H13F2N. The van der Waals surface area contributed by atoms with Crippen molar-refractivity contribution in [3.05, 3.63) is 0 Å². The van der Waals surface area contributed by atoms with Crippen LogP contribution in [0.25, 0.3) is 0 Å². The molecule has 1 rings (SSSR count). The molecule has 1 fully saturated rings. The van der Waals surface area contributed by atoms with E-state index < -0.39 is 11.8 Å². The van der Waals surface area contributed by atoms with E-state index in [1.54, 1.807) is 6.92 Å². The summed E-state index contributed by atoms with van der Waals surface area (Å²) < 4.78 is 25.6. The van der Waals surface area contributed by atoms with Crippen molar-refractivity contribution in [1.29, 1.82) is 0 Å². The fourth-order valence-electron chi connectivity index (χ4n) is 1.16. The zero-order valence-electron chi connectivity index (χ0n) is 6.16. The van der Waals surface area contributed by atoms with Gasteiger partial charge in [0, 0.05) is 18.9 Å². The number of hydrogen-bond donors (Lipinski definition) is 1. The van der Waals surface area contributed by atoms with Gasteiger partial charge in [-0.25, -0.2) is 8.78 Å². The molecule has 1 atom stereocenters. The van der Waals surface area contributed by atoms with Crippen molar-refractivity contribution < 1.29 is 8.78 Å². The third kappa shape index (κ3) is 1.66. The normalized spacial score (nSPS) is 33.3. The molecule has 0 aromatic rings. The summed E-state index contributed by atoms with van der Waals surface area (Å²) in [5, 5.41) is 2.95. The summed E-state index contributed by atoms with van der Waals surface area (Å²) in [4.78, 5) is 0. The predicted molar refractivity (Wildman–Crippen MR) is 36.2 cm³/mol. The summed E-state index contributed by atoms with van der Waals surface area (Å²) in [6.07, 6.45) is 0.584. The molecule has 10 heavy (non-hydrogen) atoms. The van der Waals surface area contributed by atoms with Gasteiger partial charge in [0.25, 0.3) is 5.92 Å². The Morgan fingerprint density at radius 3 is 2.80 bits per heavy atom. The molecule has 0 radical (unpaired) electrons. The van der Waals surface area contributed by atoms with E-state index in [0.29, 0.717) is 13.0 Å². The molecule has 1 N–H and O–H groups in total. The molecule has 1 aliphatic heterocycles. The van der Waals surface area contributed by atoms with Crippen LogP contribution in [0.3, 0.4) is 0 Å². The van der Waals surface area contributed by atoms with E-state index in [1.165, 1.54) is 0 Å². The maximum Gasteiger partial charge on any atom is 0.251 e. The number of rotatable bonds is 0. The van der Waals surface area contributed by atoms with Crippen molar-refractivity contribution in [3.63, 3.8) is 0 Å². The Morgan fingerprint density at radius 1 is 1.40 bits per heavy atom. The van der Waals surface area contributed by atoms with E-state index in [4.69, 9.17) is 0 Å². The first-order chi connectivity index (χ1) is 4.63. The minimum atomic E-state index is -2.44. The monoisotopic (exact) mass is 149 g/mol. The first-order valence-electron chi connectivity index (χ1n) is 3.71. The largest absolute Gasteiger partial charge is 0.316 e. The second-order valence-electron chi connectivity index (χ2n) is 2.95. The maximum absolute atomic E-state index is 12.8. The second kappa shape index (κ2) is 2.82. The lowest BCUT2D eigenvalue weighted by atomic mass is 9.99. The molecular weight excluding hydrogens is 136 g/mol. The Balaban J connectivity index is 2.52. The third-order valence-electron chi connectivity index (χ3n) is 2.11. The molecule has 1 aliphatic rings. The molecule has 1 nitrogen and oxygen atoms in total. The lowest BCUT2D eigenvalue weighted by molar-refractivity contribution is -0.0534. The Hall–Kier alpha value is -0.180. The topological polar surface area (TPSA) is 12.0 Å². The van der Waals surface area contributed by atoms with Gasteiger partial charge in [0.2, 0.25) is 0 Å². The molecule has 0 spiro atoms. The number of alkyl halides is 2. The molecule has 0 aromatic heterocycles. The molecule has 0 saturated carbocycles. The van der Waals surface area contributed by atoms with Crippen LogP contribution >= 0.6 is 0 Å². The third-order valence-corrected chi connectivity index (χ3v) is 2.11. The summed E-state index contributed by atoms with van der Waals surface area (Å²) in [5.41, 5.74) is 0. The fraction of sp³-hybridized carbons (Fsp3) is 1.00. The van der Waals surface area contributed by atoms with Gasteiger partial charge in [-0.15, -0.1) is 0 Å². The van der Waals surface area contributed by atoms with Crippen LogP contribution in [-0.2, 0) is 0 Å². The van der Waals surface area contributed by atoms with Gasteiger partial charge in [-0.2, -0.15) is 0 Å². The van der Waals surface area contributed by atoms with E-state index in [1.807, 2.05) is 0 Å². The first-order valence-corrected chi connectivity index (χ1v) is 3.71. The number of halogens is 2. The van der Waals surface area contributed by atoms with Gasteiger partial charge in [-0.3, -0.25) is 0 Å². The minimum absolute atomic E-state index is 0.00579. The number of nitrogens with one attached hydrogen (secondary N) is 1. The highest BCUT2D eigenvalue weighted by molar-refractivity contribution is 4.78. The van der Waals surface area contributed by atoms with Crippen LogP contribution < -0.4 is 5.32 Å². The molecule has 60 valence electrons. The lowest BCUT2D eigenvalue weighted by Gasteiger charge is -2.19. The van der Waals surface area contributed by atoms with Gasteiger partial charge in [-0.1, -0.05) is 6.92 Å². The maximum atomic E-state index is 12.8. The van der Waals surface area contributed by atoms with E-state index in [9.17, 15) is 8.78 Å². The molecule has 0 bridgehead atoms. The standard InChI is InChI=1S/C7H13F2N/c1-6-2-4-10-5-3-7(6,8)9/h6,10H,2-5H2,1H3/t6-/m0/s1. The van der Waals surface area contributed by atoms with Crippen LogP contribution in [0.4, 0.5) is 8.78 Å². The van der Waals surface area contributed by atoms with Crippen molar-refractivity contribution in [3.8, 4) is 0 Å². The van der Waals surface area contributed by atoms with Crippen molar-refractivity contribution in [1.82, 2.24) is 5.32 Å². The molecule has 0 unspecified atom stereocenters. The van der Waals surface area contributed by atoms with Gasteiger partial charge in [0.05, 0.1) is 0 Å². The quantitative estimate of drug-likeness (QED) is 0.552. The van der Waals surface area contributed by atoms with Crippen LogP contribution in [0.1, 0.15) is 19.8 Å². The Bertz CT molecular complexity index is 114. The van der Waals surface area contributed by atoms with E-state index in [0.717, 1.165) is 6.54 Å². The van der Waals surface area contributed by atoms with E-state index in [2.05, 4.69) is 5.32 Å². The Kier molecular flexibility index (Phi) is 2.24. The fourth-order valence-corrected chi connectivity index (χ4v) is 1.16. The lowest BCUT2D eigenvalue weighted by Crippen LogP contribution is -2.25. The van der Waals surface area contributed by atoms with Crippen molar-refractivity contribution in [2.45, 2.75) is 25.7 Å². The minimum Gasteiger partial charge on any atom is -0.316 e. The summed E-state index contributed by atoms with van der Waals surface area (Å²) in [6, 6.07) is 0. The Morgan fingerprint density at radius 2 is 2.10 bits per heavy atom. The molecule has 0 amide bonds. The molecule has 0 aliphatic carbocycles. The number of hydrogen-bond acceptors (Lipinski definition) is 1. The van der Waals surface area contributed by atoms with Crippen LogP contribution in [0.2, 0.25) is 0 Å². The molecule has 1 saturated heterocycles. The van der Waals surface area contributed by atoms with Crippen LogP contribution in [0, 0.1) is 5.92 Å². The van der Waals surface area contributed by atoms with Gasteiger partial charge >= 0.3 is 0 Å². The van der Waals surface area contributed by atoms with Crippen molar-refractivity contribution >= 4 is 0 Å². The predicted octanol–water partition coefficient (Wildman–Crippen LogP) is 1.64. The van der Waals surface area contributed by atoms with E-state index in [-0.39, 0.29) is 6.42 Å². The van der Waals surface area contributed by atoms with Crippen LogP contribution in [0.15, 0.2) is 0 Å². The zero-order valence-corrected chi connectivity index (χ0v) is 6.16. The zero-order chi connectivity index (χ0) is 7.61. The molecule has 3 heteroatoms. The molecule has 0 aromatic carbocycles. The summed E-state index contributed by atoms with van der Waals surface area (Å²) in [6.45, 7) is 2.81. The van der Waals surface area contributed by atoms with Gasteiger partial charge < -0.3 is 5.32 Å². The van der Waals surface area contributed by atoms with Crippen LogP contribution in [-0.4, -0.2) is 19.0 Å². The van der Waals surface area contributed by atoms with Gasteiger partial charge in [0.15, 0.2) is 0 Å². The highest BCUT2D eigenvalue weighted by atomic mass is 19.3. The summed E-state index contributed by atoms with van der Waals surface area (Å²) in [7, 11) is 0. The van der Waals surface area contributed by atoms with Gasteiger partial charge in [0.1, 0.15) is 0 Å². The molecule has 1 heterocycles. The smallest absolute Gasteiger partial charge is 0.251 e. The summed E-state index contributed by atoms with van der Waals surface area (Å²) >= 11 is 0.